The van der Waals surface area contributed by atoms with E-state index < -0.39 is 5.41 Å². The summed E-state index contributed by atoms with van der Waals surface area (Å²) in [7, 11) is 1.69. The van der Waals surface area contributed by atoms with Crippen LogP contribution in [0, 0.1) is 17.8 Å². The van der Waals surface area contributed by atoms with Crippen molar-refractivity contribution in [3.63, 3.8) is 0 Å². The van der Waals surface area contributed by atoms with Gasteiger partial charge >= 0.3 is 0 Å². The Kier molecular flexibility index (Phi) is 8.74. The molecule has 2 heterocycles. The minimum Gasteiger partial charge on any atom is -0.378 e. The van der Waals surface area contributed by atoms with Crippen LogP contribution in [0.1, 0.15) is 68.8 Å². The molecular weight excluding hydrogens is 542 g/mol. The number of aromatic nitrogens is 2. The van der Waals surface area contributed by atoms with E-state index in [2.05, 4.69) is 31.4 Å². The maximum absolute atomic E-state index is 13.8. The zero-order valence-electron chi connectivity index (χ0n) is 26.0. The SMILES string of the molecule is Cc1c(NC(=O)C2(C(C)(C)C)CCCCC2)cccc1-c1cn(C)c(=O)c(Nc2ccc(C(=O)N3CCOCC3)cc2)n1. The first-order valence-electron chi connectivity index (χ1n) is 15.2. The van der Waals surface area contributed by atoms with E-state index in [1.54, 1.807) is 42.4 Å². The van der Waals surface area contributed by atoms with Gasteiger partial charge < -0.3 is 24.8 Å². The summed E-state index contributed by atoms with van der Waals surface area (Å²) in [6.07, 6.45) is 6.79. The predicted octanol–water partition coefficient (Wildman–Crippen LogP) is 5.91. The molecule has 2 fully saturated rings. The van der Waals surface area contributed by atoms with E-state index in [1.807, 2.05) is 25.1 Å². The first-order chi connectivity index (χ1) is 20.5. The largest absolute Gasteiger partial charge is 0.378 e. The molecule has 0 radical (unpaired) electrons. The lowest BCUT2D eigenvalue weighted by Gasteiger charge is -2.46. The number of ether oxygens (including phenoxy) is 1. The topological polar surface area (TPSA) is 106 Å². The van der Waals surface area contributed by atoms with Crippen molar-refractivity contribution in [2.24, 2.45) is 17.9 Å². The highest BCUT2D eigenvalue weighted by Crippen LogP contribution is 2.50. The molecule has 2 aliphatic rings. The van der Waals surface area contributed by atoms with E-state index in [1.165, 1.54) is 11.0 Å². The van der Waals surface area contributed by atoms with Gasteiger partial charge in [-0.25, -0.2) is 4.98 Å². The Morgan fingerprint density at radius 1 is 0.977 bits per heavy atom. The van der Waals surface area contributed by atoms with Crippen molar-refractivity contribution in [1.82, 2.24) is 14.5 Å². The third-order valence-corrected chi connectivity index (χ3v) is 9.20. The van der Waals surface area contributed by atoms with E-state index in [0.717, 1.165) is 42.5 Å². The molecule has 3 aromatic rings. The third-order valence-electron chi connectivity index (χ3n) is 9.20. The van der Waals surface area contributed by atoms with Gasteiger partial charge in [0.1, 0.15) is 0 Å². The van der Waals surface area contributed by atoms with Gasteiger partial charge in [-0.15, -0.1) is 0 Å². The molecule has 228 valence electrons. The lowest BCUT2D eigenvalue weighted by Crippen LogP contribution is -2.47. The second-order valence-corrected chi connectivity index (χ2v) is 12.8. The number of benzene rings is 2. The Balaban J connectivity index is 1.38. The predicted molar refractivity (Wildman–Crippen MR) is 170 cm³/mol. The fourth-order valence-corrected chi connectivity index (χ4v) is 6.36. The Hall–Kier alpha value is -3.98. The summed E-state index contributed by atoms with van der Waals surface area (Å²) in [5, 5.41) is 6.41. The van der Waals surface area contributed by atoms with Crippen molar-refractivity contribution in [3.05, 3.63) is 70.1 Å². The molecule has 1 aliphatic carbocycles. The fourth-order valence-electron chi connectivity index (χ4n) is 6.36. The van der Waals surface area contributed by atoms with Crippen LogP contribution in [0.15, 0.2) is 53.5 Å². The first-order valence-corrected chi connectivity index (χ1v) is 15.2. The molecule has 1 aromatic heterocycles. The molecule has 9 nitrogen and oxygen atoms in total. The fraction of sp³-hybridized carbons (Fsp3) is 0.471. The van der Waals surface area contributed by atoms with Crippen LogP contribution in [0.25, 0.3) is 11.3 Å². The standard InChI is InChI=1S/C34H43N5O4/c1-23-26(10-9-11-27(23)37-32(42)34(33(2,3)4)16-7-6-8-17-34)28-22-38(5)31(41)29(36-28)35-25-14-12-24(13-15-25)30(40)39-18-20-43-21-19-39/h9-15,22H,6-8,16-21H2,1-5H3,(H,35,36)(H,37,42). The van der Waals surface area contributed by atoms with Crippen molar-refractivity contribution in [2.45, 2.75) is 59.8 Å². The number of nitrogens with one attached hydrogen (secondary N) is 2. The molecule has 1 aliphatic heterocycles. The first kappa shape index (κ1) is 30.5. The second-order valence-electron chi connectivity index (χ2n) is 12.8. The number of carbonyl (C=O) groups is 2. The molecule has 5 rings (SSSR count). The van der Waals surface area contributed by atoms with E-state index in [0.29, 0.717) is 43.2 Å². The van der Waals surface area contributed by atoms with Crippen LogP contribution in [0.5, 0.6) is 0 Å². The van der Waals surface area contributed by atoms with Crippen LogP contribution in [-0.2, 0) is 16.6 Å². The van der Waals surface area contributed by atoms with Crippen LogP contribution in [0.4, 0.5) is 17.2 Å². The summed E-state index contributed by atoms with van der Waals surface area (Å²) in [4.78, 5) is 46.2. The highest BCUT2D eigenvalue weighted by molar-refractivity contribution is 5.97. The lowest BCUT2D eigenvalue weighted by molar-refractivity contribution is -0.135. The monoisotopic (exact) mass is 585 g/mol. The summed E-state index contributed by atoms with van der Waals surface area (Å²) < 4.78 is 6.85. The number of rotatable bonds is 6. The molecule has 0 bridgehead atoms. The summed E-state index contributed by atoms with van der Waals surface area (Å²) in [6, 6.07) is 12.8. The van der Waals surface area contributed by atoms with E-state index >= 15 is 0 Å². The van der Waals surface area contributed by atoms with Gasteiger partial charge in [0.25, 0.3) is 11.5 Å². The summed E-state index contributed by atoms with van der Waals surface area (Å²) >= 11 is 0. The lowest BCUT2D eigenvalue weighted by atomic mass is 9.59. The minimum absolute atomic E-state index is 0.0368. The number of hydrogen-bond acceptors (Lipinski definition) is 6. The maximum atomic E-state index is 13.8. The average Bonchev–Trinajstić information content (AvgIpc) is 3.00. The van der Waals surface area contributed by atoms with Gasteiger partial charge in [0, 0.05) is 48.8 Å². The molecule has 43 heavy (non-hydrogen) atoms. The third kappa shape index (κ3) is 6.22. The Morgan fingerprint density at radius 3 is 2.30 bits per heavy atom. The van der Waals surface area contributed by atoms with Gasteiger partial charge in [-0.05, 0) is 61.1 Å². The number of carbonyl (C=O) groups excluding carboxylic acids is 2. The highest BCUT2D eigenvalue weighted by Gasteiger charge is 2.48. The number of aryl methyl sites for hydroxylation is 1. The van der Waals surface area contributed by atoms with Crippen molar-refractivity contribution in [3.8, 4) is 11.3 Å². The van der Waals surface area contributed by atoms with Crippen molar-refractivity contribution in [2.75, 3.05) is 36.9 Å². The zero-order valence-corrected chi connectivity index (χ0v) is 26.0. The quantitative estimate of drug-likeness (QED) is 0.373. The average molecular weight is 586 g/mol. The van der Waals surface area contributed by atoms with Gasteiger partial charge in [-0.1, -0.05) is 52.2 Å². The Labute approximate surface area is 253 Å². The Bertz CT molecular complexity index is 1540. The second kappa shape index (κ2) is 12.3. The Morgan fingerprint density at radius 2 is 1.65 bits per heavy atom. The molecule has 0 atom stereocenters. The molecule has 2 amide bonds. The normalized spacial score (nSPS) is 16.9. The van der Waals surface area contributed by atoms with Gasteiger partial charge in [0.05, 0.1) is 24.3 Å². The van der Waals surface area contributed by atoms with Crippen LogP contribution < -0.4 is 16.2 Å². The maximum Gasteiger partial charge on any atom is 0.293 e. The minimum atomic E-state index is -0.415. The van der Waals surface area contributed by atoms with Crippen molar-refractivity contribution >= 4 is 29.0 Å². The van der Waals surface area contributed by atoms with E-state index in [4.69, 9.17) is 9.72 Å². The molecule has 1 saturated carbocycles. The summed E-state index contributed by atoms with van der Waals surface area (Å²) in [5.74, 6) is 0.214. The molecule has 1 saturated heterocycles. The molecule has 9 heteroatoms. The number of anilines is 3. The van der Waals surface area contributed by atoms with Gasteiger partial charge in [0.2, 0.25) is 5.91 Å². The van der Waals surface area contributed by atoms with Crippen molar-refractivity contribution in [1.29, 1.82) is 0 Å². The molecular formula is C34H43N5O4. The number of morpholine rings is 1. The zero-order chi connectivity index (χ0) is 30.8. The van der Waals surface area contributed by atoms with Gasteiger partial charge in [0.15, 0.2) is 5.82 Å². The molecule has 0 unspecified atom stereocenters. The number of hydrogen-bond donors (Lipinski definition) is 2. The van der Waals surface area contributed by atoms with Crippen LogP contribution >= 0.6 is 0 Å². The molecule has 0 spiro atoms. The van der Waals surface area contributed by atoms with Crippen LogP contribution in [0.3, 0.4) is 0 Å². The van der Waals surface area contributed by atoms with Crippen molar-refractivity contribution < 1.29 is 14.3 Å². The van der Waals surface area contributed by atoms with Gasteiger partial charge in [-0.2, -0.15) is 0 Å². The summed E-state index contributed by atoms with van der Waals surface area (Å²) in [5.41, 5.74) is 3.47. The number of amides is 2. The van der Waals surface area contributed by atoms with E-state index in [9.17, 15) is 14.4 Å². The highest BCUT2D eigenvalue weighted by atomic mass is 16.5. The van der Waals surface area contributed by atoms with Gasteiger partial charge in [-0.3, -0.25) is 14.4 Å². The van der Waals surface area contributed by atoms with Crippen LogP contribution in [0.2, 0.25) is 0 Å². The van der Waals surface area contributed by atoms with Crippen LogP contribution in [-0.4, -0.2) is 52.6 Å². The van der Waals surface area contributed by atoms with E-state index in [-0.39, 0.29) is 28.6 Å². The molecule has 2 N–H and O–H groups in total. The molecule has 2 aromatic carbocycles. The number of nitrogens with zero attached hydrogens (tertiary/aromatic N) is 3. The smallest absolute Gasteiger partial charge is 0.293 e. The summed E-state index contributed by atoms with van der Waals surface area (Å²) in [6.45, 7) is 10.7.